The van der Waals surface area contributed by atoms with Crippen LogP contribution < -0.4 is 5.11 Å². The van der Waals surface area contributed by atoms with E-state index in [-0.39, 0.29) is 22.3 Å². The SMILES string of the molecule is C[N+](C)(C)CCO.O=C([O-])c1nccc(Cl)c1Cl. The Morgan fingerprint density at radius 3 is 2.28 bits per heavy atom. The second kappa shape index (κ2) is 7.53. The Balaban J connectivity index is 0.000000360. The van der Waals surface area contributed by atoms with E-state index >= 15 is 0 Å². The van der Waals surface area contributed by atoms with Gasteiger partial charge in [0.25, 0.3) is 0 Å². The van der Waals surface area contributed by atoms with Gasteiger partial charge in [0.1, 0.15) is 12.2 Å². The first-order valence-electron chi connectivity index (χ1n) is 5.11. The first kappa shape index (κ1) is 17.1. The number of carboxylic acids is 1. The van der Waals surface area contributed by atoms with Crippen LogP contribution in [-0.2, 0) is 0 Å². The molecule has 0 bridgehead atoms. The molecule has 0 aliphatic carbocycles. The van der Waals surface area contributed by atoms with Crippen LogP contribution in [0.5, 0.6) is 0 Å². The summed E-state index contributed by atoms with van der Waals surface area (Å²) in [4.78, 5) is 13.7. The van der Waals surface area contributed by atoms with Crippen molar-refractivity contribution in [1.82, 2.24) is 4.98 Å². The third-order valence-corrected chi connectivity index (χ3v) is 2.60. The molecule has 0 saturated heterocycles. The monoisotopic (exact) mass is 294 g/mol. The fourth-order valence-electron chi connectivity index (χ4n) is 0.863. The molecule has 5 nitrogen and oxygen atoms in total. The summed E-state index contributed by atoms with van der Waals surface area (Å²) < 4.78 is 0.844. The predicted molar refractivity (Wildman–Crippen MR) is 68.6 cm³/mol. The summed E-state index contributed by atoms with van der Waals surface area (Å²) >= 11 is 11.0. The lowest BCUT2D eigenvalue weighted by Crippen LogP contribution is -2.36. The first-order chi connectivity index (χ1) is 8.19. The van der Waals surface area contributed by atoms with Crippen LogP contribution in [0.2, 0.25) is 10.0 Å². The third-order valence-electron chi connectivity index (χ3n) is 1.81. The summed E-state index contributed by atoms with van der Waals surface area (Å²) in [5.41, 5.74) is -0.334. The van der Waals surface area contributed by atoms with Gasteiger partial charge in [-0.15, -0.1) is 0 Å². The standard InChI is InChI=1S/C6H3Cl2NO2.C5H14NO/c7-3-1-2-9-5(4(3)8)6(10)11;1-6(2,3)4-5-7/h1-2H,(H,10,11);7H,4-5H2,1-3H3/q;+1/p-1. The molecule has 0 aromatic carbocycles. The van der Waals surface area contributed by atoms with Gasteiger partial charge >= 0.3 is 0 Å². The van der Waals surface area contributed by atoms with Gasteiger partial charge in [-0.05, 0) is 6.07 Å². The van der Waals surface area contributed by atoms with E-state index in [0.29, 0.717) is 0 Å². The van der Waals surface area contributed by atoms with Crippen molar-refractivity contribution in [2.45, 2.75) is 0 Å². The highest BCUT2D eigenvalue weighted by molar-refractivity contribution is 6.43. The van der Waals surface area contributed by atoms with Crippen molar-refractivity contribution in [3.63, 3.8) is 0 Å². The first-order valence-corrected chi connectivity index (χ1v) is 5.87. The van der Waals surface area contributed by atoms with Crippen molar-refractivity contribution in [3.05, 3.63) is 28.0 Å². The Bertz CT molecular complexity index is 406. The lowest BCUT2D eigenvalue weighted by molar-refractivity contribution is -0.870. The fraction of sp³-hybridized carbons (Fsp3) is 0.455. The van der Waals surface area contributed by atoms with Crippen LogP contribution in [0, 0.1) is 0 Å². The zero-order chi connectivity index (χ0) is 14.3. The van der Waals surface area contributed by atoms with E-state index in [1.165, 1.54) is 12.3 Å². The quantitative estimate of drug-likeness (QED) is 0.821. The van der Waals surface area contributed by atoms with Gasteiger partial charge in [0, 0.05) is 6.20 Å². The molecule has 7 heteroatoms. The number of hydrogen-bond donors (Lipinski definition) is 1. The number of aromatic nitrogens is 1. The van der Waals surface area contributed by atoms with Gasteiger partial charge in [-0.1, -0.05) is 23.2 Å². The average molecular weight is 295 g/mol. The number of likely N-dealkylation sites (N-methyl/N-ethyl adjacent to an activating group) is 1. The molecule has 1 aromatic rings. The fourth-order valence-corrected chi connectivity index (χ4v) is 1.20. The molecule has 1 heterocycles. The third kappa shape index (κ3) is 6.76. The molecule has 0 atom stereocenters. The van der Waals surface area contributed by atoms with Crippen LogP contribution in [-0.4, -0.2) is 54.8 Å². The molecule has 0 unspecified atom stereocenters. The lowest BCUT2D eigenvalue weighted by atomic mass is 10.3. The van der Waals surface area contributed by atoms with E-state index in [9.17, 15) is 9.90 Å². The van der Waals surface area contributed by atoms with E-state index in [4.69, 9.17) is 28.3 Å². The highest BCUT2D eigenvalue weighted by atomic mass is 35.5. The van der Waals surface area contributed by atoms with E-state index in [1.54, 1.807) is 0 Å². The number of carbonyl (C=O) groups is 1. The van der Waals surface area contributed by atoms with Gasteiger partial charge in [-0.2, -0.15) is 0 Å². The van der Waals surface area contributed by atoms with Crippen molar-refractivity contribution in [2.75, 3.05) is 34.3 Å². The molecule has 0 fully saturated rings. The van der Waals surface area contributed by atoms with Crippen LogP contribution in [0.15, 0.2) is 12.3 Å². The van der Waals surface area contributed by atoms with E-state index in [0.717, 1.165) is 11.0 Å². The minimum atomic E-state index is -1.43. The highest BCUT2D eigenvalue weighted by Gasteiger charge is 2.05. The number of carboxylic acid groups (broad SMARTS) is 1. The second-order valence-corrected chi connectivity index (χ2v) is 5.27. The van der Waals surface area contributed by atoms with Crippen molar-refractivity contribution < 1.29 is 19.5 Å². The summed E-state index contributed by atoms with van der Waals surface area (Å²) in [5.74, 6) is -1.43. The number of aromatic carboxylic acids is 1. The van der Waals surface area contributed by atoms with Gasteiger partial charge in [0.05, 0.1) is 43.8 Å². The zero-order valence-electron chi connectivity index (χ0n) is 10.5. The summed E-state index contributed by atoms with van der Waals surface area (Å²) in [7, 11) is 6.16. The minimum absolute atomic E-state index is 0.0887. The summed E-state index contributed by atoms with van der Waals surface area (Å²) in [6.45, 7) is 1.11. The number of carbonyl (C=O) groups excluding carboxylic acids is 1. The van der Waals surface area contributed by atoms with Crippen LogP contribution in [0.25, 0.3) is 0 Å². The normalized spacial score (nSPS) is 10.6. The Kier molecular flexibility index (Phi) is 7.16. The van der Waals surface area contributed by atoms with Crippen molar-refractivity contribution in [2.24, 2.45) is 0 Å². The van der Waals surface area contributed by atoms with Gasteiger partial charge < -0.3 is 19.5 Å². The number of hydrogen-bond acceptors (Lipinski definition) is 4. The largest absolute Gasteiger partial charge is 0.543 e. The Morgan fingerprint density at radius 2 is 2.00 bits per heavy atom. The lowest BCUT2D eigenvalue weighted by Gasteiger charge is -2.21. The van der Waals surface area contributed by atoms with Crippen molar-refractivity contribution in [1.29, 1.82) is 0 Å². The predicted octanol–water partition coefficient (Wildman–Crippen LogP) is 0.437. The maximum absolute atomic E-state index is 10.3. The molecule has 1 N–H and O–H groups in total. The van der Waals surface area contributed by atoms with Crippen molar-refractivity contribution >= 4 is 29.2 Å². The number of aliphatic hydroxyl groups is 1. The number of pyridine rings is 1. The molecule has 0 aliphatic rings. The number of aliphatic hydroxyl groups excluding tert-OH is 1. The number of rotatable bonds is 3. The van der Waals surface area contributed by atoms with E-state index in [2.05, 4.69) is 26.1 Å². The Morgan fingerprint density at radius 1 is 1.44 bits per heavy atom. The zero-order valence-corrected chi connectivity index (χ0v) is 12.0. The van der Waals surface area contributed by atoms with Gasteiger partial charge in [0.2, 0.25) is 0 Å². The van der Waals surface area contributed by atoms with Gasteiger partial charge in [-0.3, -0.25) is 4.98 Å². The summed E-state index contributed by atoms with van der Waals surface area (Å²) in [5, 5.41) is 18.7. The topological polar surface area (TPSA) is 73.2 Å². The van der Waals surface area contributed by atoms with Crippen LogP contribution in [0.1, 0.15) is 10.5 Å². The molecule has 0 amide bonds. The van der Waals surface area contributed by atoms with E-state index < -0.39 is 5.97 Å². The smallest absolute Gasteiger partial charge is 0.106 e. The van der Waals surface area contributed by atoms with Crippen LogP contribution >= 0.6 is 23.2 Å². The number of quaternary nitrogens is 1. The summed E-state index contributed by atoms with van der Waals surface area (Å²) in [6.07, 6.45) is 1.25. The average Bonchev–Trinajstić information content (AvgIpc) is 2.20. The van der Waals surface area contributed by atoms with Gasteiger partial charge in [-0.25, -0.2) is 0 Å². The molecule has 102 valence electrons. The maximum Gasteiger partial charge on any atom is 0.106 e. The maximum atomic E-state index is 10.3. The molecule has 0 aliphatic heterocycles. The molecule has 0 radical (unpaired) electrons. The van der Waals surface area contributed by atoms with Crippen LogP contribution in [0.3, 0.4) is 0 Å². The van der Waals surface area contributed by atoms with Crippen LogP contribution in [0.4, 0.5) is 0 Å². The molecule has 18 heavy (non-hydrogen) atoms. The van der Waals surface area contributed by atoms with E-state index in [1.807, 2.05) is 0 Å². The molecular formula is C11H16Cl2N2O3. The molecule has 0 saturated carbocycles. The Hall–Kier alpha value is -0.880. The highest BCUT2D eigenvalue weighted by Crippen LogP contribution is 2.22. The number of halogens is 2. The minimum Gasteiger partial charge on any atom is -0.543 e. The molecule has 1 aromatic heterocycles. The Labute approximate surface area is 116 Å². The molecular weight excluding hydrogens is 279 g/mol. The molecule has 0 spiro atoms. The van der Waals surface area contributed by atoms with Gasteiger partial charge in [0.15, 0.2) is 0 Å². The molecule has 1 rings (SSSR count). The number of nitrogens with zero attached hydrogens (tertiary/aromatic N) is 2. The second-order valence-electron chi connectivity index (χ2n) is 4.48. The van der Waals surface area contributed by atoms with Crippen molar-refractivity contribution in [3.8, 4) is 0 Å². The summed E-state index contributed by atoms with van der Waals surface area (Å²) in [6, 6.07) is 1.40.